The monoisotopic (exact) mass is 210 g/mol. The highest BCUT2D eigenvalue weighted by atomic mass is 16.5. The summed E-state index contributed by atoms with van der Waals surface area (Å²) < 4.78 is 10.3. The second-order valence-electron chi connectivity index (χ2n) is 2.77. The molecule has 0 atom stereocenters. The third-order valence-corrected chi connectivity index (χ3v) is 1.86. The Kier molecular flexibility index (Phi) is 3.93. The van der Waals surface area contributed by atoms with Crippen LogP contribution in [0.1, 0.15) is 17.3 Å². The number of carbonyl (C=O) groups is 1. The second kappa shape index (κ2) is 5.21. The van der Waals surface area contributed by atoms with Crippen LogP contribution in [0.4, 0.5) is 0 Å². The average molecular weight is 210 g/mol. The topological polar surface area (TPSA) is 73.6 Å². The number of hydrazine groups is 1. The summed E-state index contributed by atoms with van der Waals surface area (Å²) in [6, 6.07) is 4.97. The van der Waals surface area contributed by atoms with Crippen molar-refractivity contribution in [3.8, 4) is 11.5 Å². The maximum Gasteiger partial charge on any atom is 0.269 e. The van der Waals surface area contributed by atoms with Crippen LogP contribution in [0.25, 0.3) is 0 Å². The summed E-state index contributed by atoms with van der Waals surface area (Å²) in [7, 11) is 1.53. The van der Waals surface area contributed by atoms with E-state index in [2.05, 4.69) is 5.43 Å². The van der Waals surface area contributed by atoms with E-state index < -0.39 is 5.91 Å². The fraction of sp³-hybridized carbons (Fsp3) is 0.300. The minimum absolute atomic E-state index is 0.360. The molecule has 1 amide bonds. The molecule has 0 aliphatic rings. The van der Waals surface area contributed by atoms with E-state index in [0.29, 0.717) is 23.7 Å². The van der Waals surface area contributed by atoms with E-state index in [1.54, 1.807) is 18.2 Å². The molecule has 0 bridgehead atoms. The molecule has 3 N–H and O–H groups in total. The van der Waals surface area contributed by atoms with E-state index in [9.17, 15) is 4.79 Å². The van der Waals surface area contributed by atoms with Crippen LogP contribution in [0.2, 0.25) is 0 Å². The van der Waals surface area contributed by atoms with Gasteiger partial charge in [-0.2, -0.15) is 0 Å². The minimum atomic E-state index is -0.405. The number of benzene rings is 1. The van der Waals surface area contributed by atoms with Gasteiger partial charge in [0.15, 0.2) is 0 Å². The van der Waals surface area contributed by atoms with Gasteiger partial charge in [-0.3, -0.25) is 10.2 Å². The van der Waals surface area contributed by atoms with Crippen LogP contribution in [0.15, 0.2) is 18.2 Å². The molecule has 15 heavy (non-hydrogen) atoms. The summed E-state index contributed by atoms with van der Waals surface area (Å²) in [4.78, 5) is 11.4. The Bertz CT molecular complexity index is 353. The van der Waals surface area contributed by atoms with E-state index >= 15 is 0 Å². The van der Waals surface area contributed by atoms with Gasteiger partial charge in [-0.15, -0.1) is 0 Å². The van der Waals surface area contributed by atoms with E-state index in [4.69, 9.17) is 15.3 Å². The molecule has 0 radical (unpaired) electrons. The van der Waals surface area contributed by atoms with Crippen molar-refractivity contribution in [3.63, 3.8) is 0 Å². The Morgan fingerprint density at radius 3 is 2.80 bits per heavy atom. The number of methoxy groups -OCH3 is 1. The zero-order chi connectivity index (χ0) is 11.3. The lowest BCUT2D eigenvalue weighted by atomic mass is 10.2. The van der Waals surface area contributed by atoms with E-state index in [0.717, 1.165) is 0 Å². The number of hydrogen-bond acceptors (Lipinski definition) is 4. The maximum atomic E-state index is 11.4. The number of ether oxygens (including phenoxy) is 2. The Morgan fingerprint density at radius 1 is 1.53 bits per heavy atom. The first kappa shape index (κ1) is 11.3. The van der Waals surface area contributed by atoms with Gasteiger partial charge in [-0.1, -0.05) is 0 Å². The number of nitrogens with two attached hydrogens (primary N) is 1. The molecule has 0 heterocycles. The standard InChI is InChI=1S/C10H14N2O3/c1-3-15-9-5-4-7(14-2)6-8(9)10(13)12-11/h4-6H,3,11H2,1-2H3,(H,12,13). The summed E-state index contributed by atoms with van der Waals surface area (Å²) in [5.41, 5.74) is 2.42. The molecule has 82 valence electrons. The fourth-order valence-corrected chi connectivity index (χ4v) is 1.17. The number of rotatable bonds is 4. The predicted molar refractivity (Wildman–Crippen MR) is 55.8 cm³/mol. The van der Waals surface area contributed by atoms with Crippen molar-refractivity contribution in [3.05, 3.63) is 23.8 Å². The second-order valence-corrected chi connectivity index (χ2v) is 2.77. The molecule has 0 saturated heterocycles. The van der Waals surface area contributed by atoms with E-state index in [-0.39, 0.29) is 0 Å². The Balaban J connectivity index is 3.10. The third-order valence-electron chi connectivity index (χ3n) is 1.86. The summed E-state index contributed by atoms with van der Waals surface area (Å²) in [5.74, 6) is 5.73. The van der Waals surface area contributed by atoms with Gasteiger partial charge in [0.2, 0.25) is 0 Å². The van der Waals surface area contributed by atoms with Gasteiger partial charge in [-0.25, -0.2) is 5.84 Å². The molecule has 5 heteroatoms. The van der Waals surface area contributed by atoms with Crippen LogP contribution in [0.3, 0.4) is 0 Å². The number of carbonyl (C=O) groups excluding carboxylic acids is 1. The van der Waals surface area contributed by atoms with Crippen LogP contribution >= 0.6 is 0 Å². The quantitative estimate of drug-likeness (QED) is 0.436. The average Bonchev–Trinajstić information content (AvgIpc) is 2.29. The Labute approximate surface area is 88.1 Å². The molecular weight excluding hydrogens is 196 g/mol. The zero-order valence-electron chi connectivity index (χ0n) is 8.74. The molecule has 0 aromatic heterocycles. The predicted octanol–water partition coefficient (Wildman–Crippen LogP) is 0.697. The first-order valence-electron chi connectivity index (χ1n) is 4.54. The van der Waals surface area contributed by atoms with Gasteiger partial charge in [0.25, 0.3) is 5.91 Å². The van der Waals surface area contributed by atoms with Crippen LogP contribution in [-0.4, -0.2) is 19.6 Å². The largest absolute Gasteiger partial charge is 0.497 e. The first-order chi connectivity index (χ1) is 7.22. The molecule has 5 nitrogen and oxygen atoms in total. The zero-order valence-corrected chi connectivity index (χ0v) is 8.74. The molecule has 0 aliphatic heterocycles. The lowest BCUT2D eigenvalue weighted by Crippen LogP contribution is -2.30. The lowest BCUT2D eigenvalue weighted by molar-refractivity contribution is 0.0949. The lowest BCUT2D eigenvalue weighted by Gasteiger charge is -2.10. The smallest absolute Gasteiger partial charge is 0.269 e. The summed E-state index contributed by atoms with van der Waals surface area (Å²) >= 11 is 0. The van der Waals surface area contributed by atoms with Crippen molar-refractivity contribution in [1.82, 2.24) is 5.43 Å². The van der Waals surface area contributed by atoms with Crippen molar-refractivity contribution in [2.75, 3.05) is 13.7 Å². The van der Waals surface area contributed by atoms with E-state index in [1.807, 2.05) is 6.92 Å². The van der Waals surface area contributed by atoms with Crippen molar-refractivity contribution in [2.45, 2.75) is 6.92 Å². The van der Waals surface area contributed by atoms with Gasteiger partial charge in [-0.05, 0) is 25.1 Å². The highest BCUT2D eigenvalue weighted by molar-refractivity contribution is 5.96. The van der Waals surface area contributed by atoms with Gasteiger partial charge in [0.1, 0.15) is 11.5 Å². The summed E-state index contributed by atoms with van der Waals surface area (Å²) in [6.07, 6.45) is 0. The van der Waals surface area contributed by atoms with Crippen molar-refractivity contribution < 1.29 is 14.3 Å². The Morgan fingerprint density at radius 2 is 2.27 bits per heavy atom. The van der Waals surface area contributed by atoms with Gasteiger partial charge in [0.05, 0.1) is 19.3 Å². The van der Waals surface area contributed by atoms with Crippen LogP contribution < -0.4 is 20.7 Å². The number of amides is 1. The molecule has 0 aliphatic carbocycles. The van der Waals surface area contributed by atoms with Crippen LogP contribution in [0.5, 0.6) is 11.5 Å². The molecule has 0 saturated carbocycles. The molecule has 1 rings (SSSR count). The normalized spacial score (nSPS) is 9.53. The molecule has 0 spiro atoms. The number of nitrogens with one attached hydrogen (secondary N) is 1. The summed E-state index contributed by atoms with van der Waals surface area (Å²) in [5, 5.41) is 0. The molecule has 1 aromatic rings. The summed E-state index contributed by atoms with van der Waals surface area (Å²) in [6.45, 7) is 2.32. The van der Waals surface area contributed by atoms with Crippen molar-refractivity contribution in [1.29, 1.82) is 0 Å². The molecular formula is C10H14N2O3. The van der Waals surface area contributed by atoms with Crippen LogP contribution in [-0.2, 0) is 0 Å². The highest BCUT2D eigenvalue weighted by Gasteiger charge is 2.12. The van der Waals surface area contributed by atoms with Crippen LogP contribution in [0, 0.1) is 0 Å². The first-order valence-corrected chi connectivity index (χ1v) is 4.54. The molecule has 0 fully saturated rings. The van der Waals surface area contributed by atoms with Crippen molar-refractivity contribution >= 4 is 5.91 Å². The van der Waals surface area contributed by atoms with Crippen molar-refractivity contribution in [2.24, 2.45) is 5.84 Å². The fourth-order valence-electron chi connectivity index (χ4n) is 1.17. The van der Waals surface area contributed by atoms with Gasteiger partial charge in [0, 0.05) is 0 Å². The maximum absolute atomic E-state index is 11.4. The van der Waals surface area contributed by atoms with Gasteiger partial charge >= 0.3 is 0 Å². The van der Waals surface area contributed by atoms with Gasteiger partial charge < -0.3 is 9.47 Å². The number of hydrogen-bond donors (Lipinski definition) is 2. The Hall–Kier alpha value is -1.75. The third kappa shape index (κ3) is 2.60. The molecule has 0 unspecified atom stereocenters. The minimum Gasteiger partial charge on any atom is -0.497 e. The van der Waals surface area contributed by atoms with E-state index in [1.165, 1.54) is 7.11 Å². The highest BCUT2D eigenvalue weighted by Crippen LogP contribution is 2.23. The molecule has 1 aromatic carbocycles. The SMILES string of the molecule is CCOc1ccc(OC)cc1C(=O)NN. The number of nitrogen functional groups attached to an aromatic ring is 1.